The van der Waals surface area contributed by atoms with Gasteiger partial charge in [-0.15, -0.1) is 0 Å². The van der Waals surface area contributed by atoms with Gasteiger partial charge in [-0.05, 0) is 38.2 Å². The van der Waals surface area contributed by atoms with E-state index in [-0.39, 0.29) is 17.7 Å². The minimum absolute atomic E-state index is 0.104. The molecule has 1 aromatic rings. The molecule has 0 radical (unpaired) electrons. The highest BCUT2D eigenvalue weighted by molar-refractivity contribution is 7.88. The summed E-state index contributed by atoms with van der Waals surface area (Å²) in [4.78, 5) is 29.8. The topological polar surface area (TPSA) is 99.3 Å². The standard InChI is InChI=1S/C16H23N3O4S/c1-10-14-12(4-3-5-13(14)20)17-15(10)16(21)19-8-6-11(7-9-19)18-24(2,22)23/h11,17-18H,3-9H2,1-2H3. The summed E-state index contributed by atoms with van der Waals surface area (Å²) in [6.07, 6.45) is 4.50. The summed E-state index contributed by atoms with van der Waals surface area (Å²) in [6.45, 7) is 2.83. The largest absolute Gasteiger partial charge is 0.354 e. The van der Waals surface area contributed by atoms with Gasteiger partial charge in [-0.1, -0.05) is 0 Å². The monoisotopic (exact) mass is 353 g/mol. The summed E-state index contributed by atoms with van der Waals surface area (Å²) in [6, 6.07) is -0.122. The first kappa shape index (κ1) is 17.2. The molecule has 1 amide bonds. The van der Waals surface area contributed by atoms with Crippen LogP contribution in [0.2, 0.25) is 0 Å². The molecule has 1 aliphatic carbocycles. The highest BCUT2D eigenvalue weighted by atomic mass is 32.2. The smallest absolute Gasteiger partial charge is 0.270 e. The van der Waals surface area contributed by atoms with Crippen molar-refractivity contribution in [1.82, 2.24) is 14.6 Å². The number of aromatic nitrogens is 1. The number of nitrogens with one attached hydrogen (secondary N) is 2. The van der Waals surface area contributed by atoms with Gasteiger partial charge in [0.1, 0.15) is 5.69 Å². The van der Waals surface area contributed by atoms with Gasteiger partial charge in [-0.3, -0.25) is 9.59 Å². The van der Waals surface area contributed by atoms with E-state index in [0.717, 1.165) is 30.4 Å². The summed E-state index contributed by atoms with van der Waals surface area (Å²) in [5.74, 6) is 0.00705. The lowest BCUT2D eigenvalue weighted by Crippen LogP contribution is -2.46. The molecule has 1 aliphatic heterocycles. The van der Waals surface area contributed by atoms with Gasteiger partial charge in [-0.2, -0.15) is 0 Å². The molecule has 24 heavy (non-hydrogen) atoms. The van der Waals surface area contributed by atoms with Gasteiger partial charge in [0.2, 0.25) is 10.0 Å². The summed E-state index contributed by atoms with van der Waals surface area (Å²) >= 11 is 0. The van der Waals surface area contributed by atoms with Crippen LogP contribution in [0.4, 0.5) is 0 Å². The number of carbonyl (C=O) groups excluding carboxylic acids is 2. The van der Waals surface area contributed by atoms with E-state index in [1.54, 1.807) is 4.90 Å². The molecule has 0 saturated carbocycles. The van der Waals surface area contributed by atoms with Crippen LogP contribution < -0.4 is 4.72 Å². The third kappa shape index (κ3) is 3.39. The van der Waals surface area contributed by atoms with Crippen molar-refractivity contribution in [3.05, 3.63) is 22.5 Å². The number of ketones is 1. The van der Waals surface area contributed by atoms with Crippen molar-refractivity contribution in [2.75, 3.05) is 19.3 Å². The fourth-order valence-electron chi connectivity index (χ4n) is 3.65. The van der Waals surface area contributed by atoms with Crippen molar-refractivity contribution in [3.8, 4) is 0 Å². The van der Waals surface area contributed by atoms with Crippen LogP contribution in [0, 0.1) is 6.92 Å². The molecule has 2 heterocycles. The van der Waals surface area contributed by atoms with E-state index < -0.39 is 10.0 Å². The average molecular weight is 353 g/mol. The van der Waals surface area contributed by atoms with Crippen LogP contribution in [0.5, 0.6) is 0 Å². The molecule has 1 fully saturated rings. The van der Waals surface area contributed by atoms with E-state index in [9.17, 15) is 18.0 Å². The molecule has 0 unspecified atom stereocenters. The number of aromatic amines is 1. The van der Waals surface area contributed by atoms with Crippen LogP contribution in [0.15, 0.2) is 0 Å². The van der Waals surface area contributed by atoms with Gasteiger partial charge in [0.05, 0.1) is 6.26 Å². The number of rotatable bonds is 3. The minimum Gasteiger partial charge on any atom is -0.354 e. The number of H-pyrrole nitrogens is 1. The predicted molar refractivity (Wildman–Crippen MR) is 89.7 cm³/mol. The zero-order valence-electron chi connectivity index (χ0n) is 14.0. The Morgan fingerprint density at radius 3 is 2.50 bits per heavy atom. The average Bonchev–Trinajstić information content (AvgIpc) is 2.84. The van der Waals surface area contributed by atoms with Gasteiger partial charge in [-0.25, -0.2) is 13.1 Å². The van der Waals surface area contributed by atoms with Crippen LogP contribution in [0.3, 0.4) is 0 Å². The lowest BCUT2D eigenvalue weighted by Gasteiger charge is -2.31. The fourth-order valence-corrected chi connectivity index (χ4v) is 4.49. The maximum Gasteiger partial charge on any atom is 0.270 e. The molecule has 0 bridgehead atoms. The van der Waals surface area contributed by atoms with Gasteiger partial charge in [0.25, 0.3) is 5.91 Å². The minimum atomic E-state index is -3.23. The molecule has 1 aromatic heterocycles. The lowest BCUT2D eigenvalue weighted by molar-refractivity contribution is 0.0705. The van der Waals surface area contributed by atoms with Crippen LogP contribution in [-0.4, -0.2) is 55.4 Å². The van der Waals surface area contributed by atoms with Crippen molar-refractivity contribution in [2.24, 2.45) is 0 Å². The van der Waals surface area contributed by atoms with Crippen molar-refractivity contribution in [1.29, 1.82) is 0 Å². The number of piperidine rings is 1. The summed E-state index contributed by atoms with van der Waals surface area (Å²) in [7, 11) is -3.23. The zero-order chi connectivity index (χ0) is 17.5. The van der Waals surface area contributed by atoms with Crippen molar-refractivity contribution < 1.29 is 18.0 Å². The Balaban J connectivity index is 1.71. The molecule has 2 N–H and O–H groups in total. The van der Waals surface area contributed by atoms with E-state index in [4.69, 9.17) is 0 Å². The Morgan fingerprint density at radius 1 is 1.25 bits per heavy atom. The first-order valence-electron chi connectivity index (χ1n) is 8.27. The number of likely N-dealkylation sites (tertiary alicyclic amines) is 1. The van der Waals surface area contributed by atoms with E-state index in [1.807, 2.05) is 6.92 Å². The highest BCUT2D eigenvalue weighted by Crippen LogP contribution is 2.27. The third-order valence-corrected chi connectivity index (χ3v) is 5.58. The second kappa shape index (κ2) is 6.33. The molecule has 3 rings (SSSR count). The van der Waals surface area contributed by atoms with Gasteiger partial charge in [0, 0.05) is 36.8 Å². The molecular weight excluding hydrogens is 330 g/mol. The number of Topliss-reactive ketones (excluding diaryl/α,β-unsaturated/α-hetero) is 1. The fraction of sp³-hybridized carbons (Fsp3) is 0.625. The lowest BCUT2D eigenvalue weighted by atomic mass is 9.93. The van der Waals surface area contributed by atoms with Crippen molar-refractivity contribution in [3.63, 3.8) is 0 Å². The van der Waals surface area contributed by atoms with Crippen molar-refractivity contribution in [2.45, 2.75) is 45.1 Å². The maximum atomic E-state index is 12.8. The second-order valence-corrected chi connectivity index (χ2v) is 8.49. The molecule has 132 valence electrons. The zero-order valence-corrected chi connectivity index (χ0v) is 14.8. The summed E-state index contributed by atoms with van der Waals surface area (Å²) < 4.78 is 25.2. The summed E-state index contributed by atoms with van der Waals surface area (Å²) in [5, 5.41) is 0. The molecule has 2 aliphatic rings. The van der Waals surface area contributed by atoms with Gasteiger partial charge >= 0.3 is 0 Å². The Kier molecular flexibility index (Phi) is 4.52. The van der Waals surface area contributed by atoms with Gasteiger partial charge < -0.3 is 9.88 Å². The van der Waals surface area contributed by atoms with Crippen LogP contribution in [-0.2, 0) is 16.4 Å². The van der Waals surface area contributed by atoms with E-state index >= 15 is 0 Å². The number of hydrogen-bond acceptors (Lipinski definition) is 4. The van der Waals surface area contributed by atoms with Crippen LogP contribution >= 0.6 is 0 Å². The van der Waals surface area contributed by atoms with E-state index in [0.29, 0.717) is 43.6 Å². The normalized spacial score (nSPS) is 19.4. The third-order valence-electron chi connectivity index (χ3n) is 4.81. The number of fused-ring (bicyclic) bond motifs is 1. The van der Waals surface area contributed by atoms with E-state index in [1.165, 1.54) is 0 Å². The Labute approximate surface area is 141 Å². The number of sulfonamides is 1. The van der Waals surface area contributed by atoms with Crippen LogP contribution in [0.1, 0.15) is 57.8 Å². The Bertz CT molecular complexity index is 773. The molecule has 1 saturated heterocycles. The number of amides is 1. The van der Waals surface area contributed by atoms with Gasteiger partial charge in [0.15, 0.2) is 5.78 Å². The summed E-state index contributed by atoms with van der Waals surface area (Å²) in [5.41, 5.74) is 2.82. The van der Waals surface area contributed by atoms with Crippen molar-refractivity contribution >= 4 is 21.7 Å². The number of nitrogens with zero attached hydrogens (tertiary/aromatic N) is 1. The SMILES string of the molecule is Cc1c(C(=O)N2CCC(NS(C)(=O)=O)CC2)[nH]c2c1C(=O)CCC2. The molecule has 0 spiro atoms. The Morgan fingerprint density at radius 2 is 1.92 bits per heavy atom. The molecule has 7 nitrogen and oxygen atoms in total. The first-order valence-corrected chi connectivity index (χ1v) is 10.2. The van der Waals surface area contributed by atoms with Crippen LogP contribution in [0.25, 0.3) is 0 Å². The molecule has 8 heteroatoms. The molecular formula is C16H23N3O4S. The van der Waals surface area contributed by atoms with E-state index in [2.05, 4.69) is 9.71 Å². The molecule has 0 atom stereocenters. The number of aryl methyl sites for hydroxylation is 1. The maximum absolute atomic E-state index is 12.8. The second-order valence-electron chi connectivity index (χ2n) is 6.71. The highest BCUT2D eigenvalue weighted by Gasteiger charge is 2.30. The number of carbonyl (C=O) groups is 2. The predicted octanol–water partition coefficient (Wildman–Crippen LogP) is 0.996. The first-order chi connectivity index (χ1) is 11.3. The quantitative estimate of drug-likeness (QED) is 0.846. The Hall–Kier alpha value is -1.67. The molecule has 0 aromatic carbocycles. The number of hydrogen-bond donors (Lipinski definition) is 2.